The van der Waals surface area contributed by atoms with E-state index in [1.165, 1.54) is 11.3 Å². The van der Waals surface area contributed by atoms with E-state index in [-0.39, 0.29) is 12.5 Å². The molecule has 0 spiro atoms. The van der Waals surface area contributed by atoms with E-state index in [9.17, 15) is 4.79 Å². The lowest BCUT2D eigenvalue weighted by atomic mass is 10.1. The molecule has 0 unspecified atom stereocenters. The Bertz CT molecular complexity index is 685. The largest absolute Gasteiger partial charge is 0.493 e. The minimum Gasteiger partial charge on any atom is -0.493 e. The molecule has 0 radical (unpaired) electrons. The summed E-state index contributed by atoms with van der Waals surface area (Å²) < 4.78 is 15.6. The van der Waals surface area contributed by atoms with Crippen molar-refractivity contribution in [3.8, 4) is 22.8 Å². The maximum absolute atomic E-state index is 11.7. The van der Waals surface area contributed by atoms with Crippen molar-refractivity contribution in [3.63, 3.8) is 0 Å². The smallest absolute Gasteiger partial charge is 0.252 e. The molecule has 0 fully saturated rings. The van der Waals surface area contributed by atoms with Gasteiger partial charge in [0, 0.05) is 17.0 Å². The van der Waals surface area contributed by atoms with E-state index in [2.05, 4.69) is 10.3 Å². The molecule has 0 saturated carbocycles. The Morgan fingerprint density at radius 3 is 2.65 bits per heavy atom. The summed E-state index contributed by atoms with van der Waals surface area (Å²) in [6.07, 6.45) is 0. The summed E-state index contributed by atoms with van der Waals surface area (Å²) in [5.74, 6) is 1.09. The van der Waals surface area contributed by atoms with Crippen LogP contribution in [0.3, 0.4) is 0 Å². The Morgan fingerprint density at radius 2 is 2.00 bits per heavy atom. The van der Waals surface area contributed by atoms with Crippen molar-refractivity contribution in [1.29, 1.82) is 0 Å². The molecule has 1 N–H and O–H groups in total. The highest BCUT2D eigenvalue weighted by Gasteiger charge is 2.14. The van der Waals surface area contributed by atoms with Gasteiger partial charge in [0.25, 0.3) is 5.91 Å². The number of amides is 1. The lowest BCUT2D eigenvalue weighted by Crippen LogP contribution is -2.17. The number of carbonyl (C=O) groups excluding carboxylic acids is 1. The second-order valence-corrected chi connectivity index (χ2v) is 5.88. The highest BCUT2D eigenvalue weighted by Crippen LogP contribution is 2.35. The number of hydrogen-bond acceptors (Lipinski definition) is 6. The third kappa shape index (κ3) is 4.20. The molecule has 0 aliphatic carbocycles. The molecule has 7 heteroatoms. The number of anilines is 1. The quantitative estimate of drug-likeness (QED) is 0.841. The first-order valence-corrected chi connectivity index (χ1v) is 7.98. The van der Waals surface area contributed by atoms with Crippen molar-refractivity contribution in [2.24, 2.45) is 0 Å². The number of carbonyl (C=O) groups is 1. The van der Waals surface area contributed by atoms with Crippen LogP contribution in [0.5, 0.6) is 11.5 Å². The van der Waals surface area contributed by atoms with Gasteiger partial charge in [0.05, 0.1) is 19.9 Å². The van der Waals surface area contributed by atoms with Gasteiger partial charge in [-0.3, -0.25) is 10.1 Å². The molecule has 1 heterocycles. The van der Waals surface area contributed by atoms with Crippen LogP contribution in [0.1, 0.15) is 11.8 Å². The number of thiazole rings is 1. The Kier molecular flexibility index (Phi) is 5.95. The van der Waals surface area contributed by atoms with Crippen molar-refractivity contribution in [2.75, 3.05) is 32.8 Å². The highest BCUT2D eigenvalue weighted by atomic mass is 32.1. The molecule has 0 bridgehead atoms. The molecular weight excluding hydrogens is 316 g/mol. The molecule has 1 amide bonds. The summed E-state index contributed by atoms with van der Waals surface area (Å²) in [7, 11) is 3.19. The van der Waals surface area contributed by atoms with Crippen LogP contribution in [-0.4, -0.2) is 38.3 Å². The lowest BCUT2D eigenvalue weighted by molar-refractivity contribution is -0.120. The molecule has 0 aliphatic heterocycles. The fourth-order valence-electron chi connectivity index (χ4n) is 2.05. The molecule has 2 rings (SSSR count). The normalized spacial score (nSPS) is 10.4. The van der Waals surface area contributed by atoms with Crippen molar-refractivity contribution in [1.82, 2.24) is 4.98 Å². The predicted molar refractivity (Wildman–Crippen MR) is 90.5 cm³/mol. The van der Waals surface area contributed by atoms with Gasteiger partial charge in [0.1, 0.15) is 6.61 Å². The number of hydrogen-bond donors (Lipinski definition) is 1. The molecule has 0 aliphatic rings. The van der Waals surface area contributed by atoms with Crippen molar-refractivity contribution < 1.29 is 19.0 Å². The Labute approximate surface area is 139 Å². The standard InChI is InChI=1S/C16H20N2O4S/c1-5-22-9-14(19)17-16-18-15(10(2)23-16)11-6-7-12(20-3)13(8-11)21-4/h6-8H,5,9H2,1-4H3,(H,17,18,19). The molecule has 2 aromatic rings. The zero-order valence-corrected chi connectivity index (χ0v) is 14.5. The number of ether oxygens (including phenoxy) is 3. The second kappa shape index (κ2) is 7.94. The number of aryl methyl sites for hydroxylation is 1. The Morgan fingerprint density at radius 1 is 1.26 bits per heavy atom. The van der Waals surface area contributed by atoms with Gasteiger partial charge in [0.15, 0.2) is 16.6 Å². The van der Waals surface area contributed by atoms with Gasteiger partial charge in [-0.05, 0) is 32.0 Å². The zero-order valence-electron chi connectivity index (χ0n) is 13.6. The first kappa shape index (κ1) is 17.2. The van der Waals surface area contributed by atoms with Gasteiger partial charge >= 0.3 is 0 Å². The average molecular weight is 336 g/mol. The molecule has 124 valence electrons. The molecule has 1 aromatic heterocycles. The fraction of sp³-hybridized carbons (Fsp3) is 0.375. The Hall–Kier alpha value is -2.12. The summed E-state index contributed by atoms with van der Waals surface area (Å²) in [4.78, 5) is 17.2. The Balaban J connectivity index is 2.22. The van der Waals surface area contributed by atoms with Crippen LogP contribution < -0.4 is 14.8 Å². The number of methoxy groups -OCH3 is 2. The van der Waals surface area contributed by atoms with E-state index in [0.717, 1.165) is 16.1 Å². The van der Waals surface area contributed by atoms with Crippen LogP contribution >= 0.6 is 11.3 Å². The maximum Gasteiger partial charge on any atom is 0.252 e. The summed E-state index contributed by atoms with van der Waals surface area (Å²) >= 11 is 1.42. The monoisotopic (exact) mass is 336 g/mol. The van der Waals surface area contributed by atoms with E-state index < -0.39 is 0 Å². The van der Waals surface area contributed by atoms with Crippen LogP contribution in [0.25, 0.3) is 11.3 Å². The van der Waals surface area contributed by atoms with E-state index in [4.69, 9.17) is 14.2 Å². The van der Waals surface area contributed by atoms with Gasteiger partial charge in [-0.25, -0.2) is 4.98 Å². The van der Waals surface area contributed by atoms with E-state index in [1.54, 1.807) is 14.2 Å². The number of rotatable bonds is 7. The van der Waals surface area contributed by atoms with E-state index in [1.807, 2.05) is 32.0 Å². The molecular formula is C16H20N2O4S. The maximum atomic E-state index is 11.7. The fourth-order valence-corrected chi connectivity index (χ4v) is 2.90. The van der Waals surface area contributed by atoms with Crippen LogP contribution in [-0.2, 0) is 9.53 Å². The summed E-state index contributed by atoms with van der Waals surface area (Å²) in [6, 6.07) is 5.61. The third-order valence-corrected chi connectivity index (χ3v) is 4.02. The highest BCUT2D eigenvalue weighted by molar-refractivity contribution is 7.16. The van der Waals surface area contributed by atoms with Crippen LogP contribution in [0.15, 0.2) is 18.2 Å². The van der Waals surface area contributed by atoms with E-state index in [0.29, 0.717) is 23.2 Å². The summed E-state index contributed by atoms with van der Waals surface area (Å²) in [5.41, 5.74) is 1.71. The zero-order chi connectivity index (χ0) is 16.8. The van der Waals surface area contributed by atoms with Gasteiger partial charge in [-0.2, -0.15) is 0 Å². The van der Waals surface area contributed by atoms with Gasteiger partial charge in [-0.1, -0.05) is 0 Å². The summed E-state index contributed by atoms with van der Waals surface area (Å²) in [6.45, 7) is 4.33. The average Bonchev–Trinajstić information content (AvgIpc) is 2.92. The van der Waals surface area contributed by atoms with Crippen molar-refractivity contribution in [3.05, 3.63) is 23.1 Å². The topological polar surface area (TPSA) is 69.7 Å². The lowest BCUT2D eigenvalue weighted by Gasteiger charge is -2.08. The number of nitrogens with one attached hydrogen (secondary N) is 1. The SMILES string of the molecule is CCOCC(=O)Nc1nc(-c2ccc(OC)c(OC)c2)c(C)s1. The molecule has 6 nitrogen and oxygen atoms in total. The van der Waals surface area contributed by atoms with E-state index >= 15 is 0 Å². The third-order valence-electron chi connectivity index (χ3n) is 3.14. The number of nitrogens with zero attached hydrogens (tertiary/aromatic N) is 1. The van der Waals surface area contributed by atoms with Crippen molar-refractivity contribution in [2.45, 2.75) is 13.8 Å². The predicted octanol–water partition coefficient (Wildman–Crippen LogP) is 3.11. The van der Waals surface area contributed by atoms with Crippen LogP contribution in [0.2, 0.25) is 0 Å². The van der Waals surface area contributed by atoms with Crippen LogP contribution in [0.4, 0.5) is 5.13 Å². The summed E-state index contributed by atoms with van der Waals surface area (Å²) in [5, 5.41) is 3.30. The van der Waals surface area contributed by atoms with Gasteiger partial charge < -0.3 is 14.2 Å². The number of aromatic nitrogens is 1. The minimum atomic E-state index is -0.209. The molecule has 23 heavy (non-hydrogen) atoms. The first-order valence-electron chi connectivity index (χ1n) is 7.16. The van der Waals surface area contributed by atoms with Gasteiger partial charge in [0.2, 0.25) is 0 Å². The second-order valence-electron chi connectivity index (χ2n) is 4.68. The minimum absolute atomic E-state index is 0.0286. The van der Waals surface area contributed by atoms with Crippen molar-refractivity contribution >= 4 is 22.4 Å². The molecule has 0 saturated heterocycles. The first-order chi connectivity index (χ1) is 11.1. The molecule has 0 atom stereocenters. The number of benzene rings is 1. The molecule has 1 aromatic carbocycles. The van der Waals surface area contributed by atoms with Gasteiger partial charge in [-0.15, -0.1) is 11.3 Å². The van der Waals surface area contributed by atoms with Crippen LogP contribution in [0, 0.1) is 6.92 Å².